The van der Waals surface area contributed by atoms with Crippen molar-refractivity contribution in [3.05, 3.63) is 5.53 Å². The standard InChI is InChI=1S/C6H10N2O/c7-8-5-3-1-2-4-6(5)9/h6,9H,1-4H2. The fraction of sp³-hybridized carbons (Fsp3) is 0.833. The van der Waals surface area contributed by atoms with Crippen LogP contribution in [0, 0.1) is 0 Å². The number of hydrogen-bond donors (Lipinski definition) is 1. The van der Waals surface area contributed by atoms with Crippen molar-refractivity contribution in [1.29, 1.82) is 0 Å². The largest absolute Gasteiger partial charge is 0.381 e. The fourth-order valence-corrected chi connectivity index (χ4v) is 1.09. The van der Waals surface area contributed by atoms with Gasteiger partial charge < -0.3 is 10.6 Å². The van der Waals surface area contributed by atoms with Gasteiger partial charge in [0, 0.05) is 6.42 Å². The molecule has 9 heavy (non-hydrogen) atoms. The van der Waals surface area contributed by atoms with Gasteiger partial charge in [-0.1, -0.05) is 0 Å². The first-order valence-electron chi connectivity index (χ1n) is 3.23. The van der Waals surface area contributed by atoms with Crippen LogP contribution in [0.25, 0.3) is 5.53 Å². The Labute approximate surface area is 53.9 Å². The van der Waals surface area contributed by atoms with Crippen molar-refractivity contribution in [2.75, 3.05) is 0 Å². The zero-order valence-corrected chi connectivity index (χ0v) is 5.25. The van der Waals surface area contributed by atoms with Crippen LogP contribution in [0.5, 0.6) is 0 Å². The third-order valence-electron chi connectivity index (χ3n) is 1.67. The third kappa shape index (κ3) is 1.37. The van der Waals surface area contributed by atoms with Crippen molar-refractivity contribution < 1.29 is 9.90 Å². The summed E-state index contributed by atoms with van der Waals surface area (Å²) in [6.07, 6.45) is 3.09. The Hall–Kier alpha value is -0.660. The van der Waals surface area contributed by atoms with E-state index in [0.717, 1.165) is 25.7 Å². The van der Waals surface area contributed by atoms with E-state index < -0.39 is 6.10 Å². The van der Waals surface area contributed by atoms with Crippen LogP contribution in [0.15, 0.2) is 0 Å². The molecule has 1 aliphatic carbocycles. The number of nitrogens with zero attached hydrogens (tertiary/aromatic N) is 2. The highest BCUT2D eigenvalue weighted by Crippen LogP contribution is 2.13. The van der Waals surface area contributed by atoms with Gasteiger partial charge in [0.05, 0.1) is 0 Å². The van der Waals surface area contributed by atoms with Crippen molar-refractivity contribution in [3.63, 3.8) is 0 Å². The molecule has 1 saturated carbocycles. The molecule has 1 fully saturated rings. The molecule has 0 aromatic carbocycles. The van der Waals surface area contributed by atoms with Crippen LogP contribution in [0.3, 0.4) is 0 Å². The molecule has 0 saturated heterocycles. The molecule has 0 spiro atoms. The molecule has 3 heteroatoms. The molecule has 1 N–H and O–H groups in total. The van der Waals surface area contributed by atoms with Gasteiger partial charge in [-0.15, -0.1) is 0 Å². The number of hydrogen-bond acceptors (Lipinski definition) is 1. The highest BCUT2D eigenvalue weighted by atomic mass is 16.3. The number of aliphatic hydroxyl groups is 1. The molecule has 0 bridgehead atoms. The zero-order chi connectivity index (χ0) is 6.69. The van der Waals surface area contributed by atoms with Crippen LogP contribution < -0.4 is 0 Å². The third-order valence-corrected chi connectivity index (χ3v) is 1.67. The van der Waals surface area contributed by atoms with E-state index in [1.165, 1.54) is 0 Å². The van der Waals surface area contributed by atoms with E-state index >= 15 is 0 Å². The van der Waals surface area contributed by atoms with Gasteiger partial charge in [0.1, 0.15) is 0 Å². The first-order chi connectivity index (χ1) is 4.34. The average molecular weight is 126 g/mol. The molecule has 1 atom stereocenters. The molecule has 50 valence electrons. The van der Waals surface area contributed by atoms with Crippen molar-refractivity contribution in [2.45, 2.75) is 31.8 Å². The normalized spacial score (nSPS) is 27.7. The molecule has 3 nitrogen and oxygen atoms in total. The lowest BCUT2D eigenvalue weighted by molar-refractivity contribution is -0.0278. The molecule has 0 radical (unpaired) electrons. The summed E-state index contributed by atoms with van der Waals surface area (Å²) in [7, 11) is 0. The van der Waals surface area contributed by atoms with Gasteiger partial charge >= 0.3 is 0 Å². The summed E-state index contributed by atoms with van der Waals surface area (Å²) in [4.78, 5) is 3.00. The molecule has 0 aromatic heterocycles. The fourth-order valence-electron chi connectivity index (χ4n) is 1.09. The lowest BCUT2D eigenvalue weighted by atomic mass is 9.96. The SMILES string of the molecule is [N-]=[N+]=C1CCCCC1O. The van der Waals surface area contributed by atoms with Gasteiger partial charge in [-0.25, -0.2) is 0 Å². The van der Waals surface area contributed by atoms with E-state index in [9.17, 15) is 0 Å². The maximum absolute atomic E-state index is 9.08. The highest BCUT2D eigenvalue weighted by Gasteiger charge is 2.23. The summed E-state index contributed by atoms with van der Waals surface area (Å²) in [6, 6.07) is 0. The minimum Gasteiger partial charge on any atom is -0.381 e. The van der Waals surface area contributed by atoms with E-state index in [-0.39, 0.29) is 0 Å². The molecule has 0 heterocycles. The van der Waals surface area contributed by atoms with E-state index in [0.29, 0.717) is 5.71 Å². The smallest absolute Gasteiger partial charge is 0.296 e. The molecular weight excluding hydrogens is 116 g/mol. The van der Waals surface area contributed by atoms with Crippen molar-refractivity contribution in [3.8, 4) is 0 Å². The van der Waals surface area contributed by atoms with E-state index in [2.05, 4.69) is 4.79 Å². The second kappa shape index (κ2) is 2.76. The van der Waals surface area contributed by atoms with Gasteiger partial charge in [-0.3, -0.25) is 0 Å². The molecular formula is C6H10N2O. The second-order valence-corrected chi connectivity index (χ2v) is 2.35. The number of rotatable bonds is 0. The Morgan fingerprint density at radius 2 is 2.33 bits per heavy atom. The Balaban J connectivity index is 2.59. The quantitative estimate of drug-likeness (QED) is 0.375. The van der Waals surface area contributed by atoms with E-state index in [1.54, 1.807) is 0 Å². The minimum absolute atomic E-state index is 0.483. The first kappa shape index (κ1) is 6.46. The minimum atomic E-state index is -0.483. The lowest BCUT2D eigenvalue weighted by Gasteiger charge is -2.10. The van der Waals surface area contributed by atoms with E-state index in [1.807, 2.05) is 0 Å². The maximum Gasteiger partial charge on any atom is 0.296 e. The average Bonchev–Trinajstić information content (AvgIpc) is 1.89. The predicted molar refractivity (Wildman–Crippen MR) is 33.1 cm³/mol. The monoisotopic (exact) mass is 126 g/mol. The summed E-state index contributed by atoms with van der Waals surface area (Å²) in [5, 5.41) is 9.08. The van der Waals surface area contributed by atoms with Crippen LogP contribution >= 0.6 is 0 Å². The lowest BCUT2D eigenvalue weighted by Crippen LogP contribution is -2.24. The summed E-state index contributed by atoms with van der Waals surface area (Å²) >= 11 is 0. The van der Waals surface area contributed by atoms with Gasteiger partial charge in [-0.05, 0) is 19.3 Å². The summed E-state index contributed by atoms with van der Waals surface area (Å²) < 4.78 is 0. The Morgan fingerprint density at radius 1 is 1.56 bits per heavy atom. The van der Waals surface area contributed by atoms with Gasteiger partial charge in [0.15, 0.2) is 6.10 Å². The maximum atomic E-state index is 9.08. The first-order valence-corrected chi connectivity index (χ1v) is 3.23. The Morgan fingerprint density at radius 3 is 2.78 bits per heavy atom. The summed E-state index contributed by atoms with van der Waals surface area (Å²) in [5.41, 5.74) is 8.83. The second-order valence-electron chi connectivity index (χ2n) is 2.35. The van der Waals surface area contributed by atoms with Crippen LogP contribution in [0.2, 0.25) is 0 Å². The number of aliphatic hydroxyl groups excluding tert-OH is 1. The van der Waals surface area contributed by atoms with Crippen LogP contribution in [0.4, 0.5) is 0 Å². The molecule has 1 rings (SSSR count). The molecule has 0 amide bonds. The Kier molecular flexibility index (Phi) is 1.98. The molecule has 1 unspecified atom stereocenters. The predicted octanol–water partition coefficient (Wildman–Crippen LogP) is 0.592. The van der Waals surface area contributed by atoms with Crippen molar-refractivity contribution in [1.82, 2.24) is 0 Å². The van der Waals surface area contributed by atoms with Crippen LogP contribution in [-0.2, 0) is 0 Å². The van der Waals surface area contributed by atoms with E-state index in [4.69, 9.17) is 10.6 Å². The Bertz CT molecular complexity index is 149. The summed E-state index contributed by atoms with van der Waals surface area (Å²) in [5.74, 6) is 0. The molecule has 0 aromatic rings. The van der Waals surface area contributed by atoms with Crippen LogP contribution in [0.1, 0.15) is 25.7 Å². The van der Waals surface area contributed by atoms with Crippen LogP contribution in [-0.4, -0.2) is 21.7 Å². The van der Waals surface area contributed by atoms with Gasteiger partial charge in [0.2, 0.25) is 0 Å². The van der Waals surface area contributed by atoms with Crippen molar-refractivity contribution >= 4 is 5.71 Å². The highest BCUT2D eigenvalue weighted by molar-refractivity contribution is 5.83. The van der Waals surface area contributed by atoms with Gasteiger partial charge in [0.25, 0.3) is 5.71 Å². The van der Waals surface area contributed by atoms with Crippen molar-refractivity contribution in [2.24, 2.45) is 0 Å². The molecule has 0 aliphatic heterocycles. The van der Waals surface area contributed by atoms with Gasteiger partial charge in [-0.2, -0.15) is 4.79 Å². The zero-order valence-electron chi connectivity index (χ0n) is 5.25. The molecule has 1 aliphatic rings. The summed E-state index contributed by atoms with van der Waals surface area (Å²) in [6.45, 7) is 0. The topological polar surface area (TPSA) is 56.6 Å².